The highest BCUT2D eigenvalue weighted by Crippen LogP contribution is 2.31. The number of hydrogen-bond acceptors (Lipinski definition) is 2. The van der Waals surface area contributed by atoms with E-state index in [0.29, 0.717) is 0 Å². The second-order valence-corrected chi connectivity index (χ2v) is 4.47. The molecule has 0 aliphatic carbocycles. The molecule has 2 nitrogen and oxygen atoms in total. The van der Waals surface area contributed by atoms with Gasteiger partial charge in [-0.05, 0) is 36.4 Å². The van der Waals surface area contributed by atoms with Gasteiger partial charge in [0.2, 0.25) is 0 Å². The van der Waals surface area contributed by atoms with Crippen molar-refractivity contribution in [1.82, 2.24) is 0 Å². The Hall–Kier alpha value is -2.01. The smallest absolute Gasteiger partial charge is 0.176 e. The lowest BCUT2D eigenvalue weighted by Crippen LogP contribution is -2.02. The van der Waals surface area contributed by atoms with Crippen molar-refractivity contribution in [1.29, 1.82) is 0 Å². The average molecular weight is 296 g/mol. The van der Waals surface area contributed by atoms with E-state index in [0.717, 1.165) is 0 Å². The van der Waals surface area contributed by atoms with E-state index in [1.807, 2.05) is 0 Å². The first-order valence-electron chi connectivity index (χ1n) is 6.46. The van der Waals surface area contributed by atoms with Gasteiger partial charge in [0.15, 0.2) is 23.2 Å². The lowest BCUT2D eigenvalue weighted by atomic mass is 10.0. The fourth-order valence-corrected chi connectivity index (χ4v) is 2.04. The van der Waals surface area contributed by atoms with Crippen molar-refractivity contribution in [3.05, 3.63) is 53.6 Å². The van der Waals surface area contributed by atoms with E-state index in [1.165, 1.54) is 31.6 Å². The third-order valence-corrected chi connectivity index (χ3v) is 3.07. The van der Waals surface area contributed by atoms with Crippen molar-refractivity contribution >= 4 is 10.8 Å². The van der Waals surface area contributed by atoms with E-state index >= 15 is 0 Å². The maximum atomic E-state index is 14.2. The molecule has 0 aromatic heterocycles. The summed E-state index contributed by atoms with van der Waals surface area (Å²) >= 11 is 0. The molecule has 2 aromatic rings. The van der Waals surface area contributed by atoms with Crippen molar-refractivity contribution in [3.8, 4) is 5.75 Å². The van der Waals surface area contributed by atoms with Gasteiger partial charge in [0.05, 0.1) is 18.3 Å². The van der Waals surface area contributed by atoms with Gasteiger partial charge in [-0.15, -0.1) is 0 Å². The molecule has 21 heavy (non-hydrogen) atoms. The summed E-state index contributed by atoms with van der Waals surface area (Å²) in [6.45, 7) is 1.95. The zero-order valence-corrected chi connectivity index (χ0v) is 11.8. The van der Waals surface area contributed by atoms with Crippen molar-refractivity contribution in [2.24, 2.45) is 0 Å². The molecule has 0 atom stereocenters. The van der Waals surface area contributed by atoms with Crippen LogP contribution in [0.4, 0.5) is 13.2 Å². The molecule has 0 spiro atoms. The zero-order chi connectivity index (χ0) is 15.4. The van der Waals surface area contributed by atoms with Crippen LogP contribution in [0.5, 0.6) is 5.75 Å². The molecule has 0 heterocycles. The molecule has 5 heteroatoms. The fourth-order valence-electron chi connectivity index (χ4n) is 2.04. The normalized spacial score (nSPS) is 11.5. The number of ether oxygens (including phenoxy) is 2. The van der Waals surface area contributed by atoms with Gasteiger partial charge in [0.1, 0.15) is 0 Å². The highest BCUT2D eigenvalue weighted by Gasteiger charge is 2.19. The lowest BCUT2D eigenvalue weighted by Gasteiger charge is -2.10. The Morgan fingerprint density at radius 1 is 1.10 bits per heavy atom. The van der Waals surface area contributed by atoms with E-state index < -0.39 is 22.8 Å². The summed E-state index contributed by atoms with van der Waals surface area (Å²) in [7, 11) is 1.47. The Balaban J connectivity index is 2.58. The topological polar surface area (TPSA) is 18.5 Å². The molecule has 0 aliphatic heterocycles. The summed E-state index contributed by atoms with van der Waals surface area (Å²) < 4.78 is 52.2. The molecular weight excluding hydrogens is 281 g/mol. The number of methoxy groups -OCH3 is 1. The number of benzene rings is 2. The van der Waals surface area contributed by atoms with Crippen molar-refractivity contribution in [3.63, 3.8) is 0 Å². The second kappa shape index (κ2) is 6.63. The Kier molecular flexibility index (Phi) is 4.85. The van der Waals surface area contributed by atoms with Crippen molar-refractivity contribution < 1.29 is 22.6 Å². The molecule has 0 unspecified atom stereocenters. The van der Waals surface area contributed by atoms with E-state index in [9.17, 15) is 13.2 Å². The summed E-state index contributed by atoms with van der Waals surface area (Å²) in [4.78, 5) is 0. The number of allylic oxidation sites excluding steroid dienone is 1. The molecule has 0 N–H and O–H groups in total. The minimum atomic E-state index is -1.21. The van der Waals surface area contributed by atoms with E-state index in [4.69, 9.17) is 9.47 Å². The SMILES string of the molecule is C/C=C/Oc1ccc2cc(CCOC)c(F)c(F)c2c1F. The fraction of sp³-hybridized carbons (Fsp3) is 0.250. The van der Waals surface area contributed by atoms with Crippen LogP contribution in [0.2, 0.25) is 0 Å². The first-order valence-corrected chi connectivity index (χ1v) is 6.46. The van der Waals surface area contributed by atoms with Gasteiger partial charge >= 0.3 is 0 Å². The van der Waals surface area contributed by atoms with Gasteiger partial charge in [-0.2, -0.15) is 0 Å². The molecule has 2 rings (SSSR count). The molecule has 0 saturated carbocycles. The van der Waals surface area contributed by atoms with Crippen LogP contribution in [-0.4, -0.2) is 13.7 Å². The molecule has 112 valence electrons. The van der Waals surface area contributed by atoms with Crippen LogP contribution >= 0.6 is 0 Å². The summed E-state index contributed by atoms with van der Waals surface area (Å²) in [5.41, 5.74) is 0.156. The summed E-state index contributed by atoms with van der Waals surface area (Å²) in [6.07, 6.45) is 3.05. The summed E-state index contributed by atoms with van der Waals surface area (Å²) in [6, 6.07) is 4.31. The molecule has 0 fully saturated rings. The first-order chi connectivity index (χ1) is 10.1. The quantitative estimate of drug-likeness (QED) is 0.763. The number of rotatable bonds is 5. The molecule has 0 bridgehead atoms. The minimum Gasteiger partial charge on any atom is -0.462 e. The van der Waals surface area contributed by atoms with Crippen LogP contribution in [0.1, 0.15) is 12.5 Å². The van der Waals surface area contributed by atoms with Gasteiger partial charge in [-0.1, -0.05) is 12.1 Å². The van der Waals surface area contributed by atoms with Crippen molar-refractivity contribution in [2.75, 3.05) is 13.7 Å². The molecule has 0 aliphatic rings. The second-order valence-electron chi connectivity index (χ2n) is 4.47. The van der Waals surface area contributed by atoms with Crippen LogP contribution < -0.4 is 4.74 Å². The van der Waals surface area contributed by atoms with E-state index in [-0.39, 0.29) is 29.7 Å². The molecule has 0 saturated heterocycles. The molecular formula is C16H15F3O2. The number of fused-ring (bicyclic) bond motifs is 1. The Morgan fingerprint density at radius 3 is 2.52 bits per heavy atom. The maximum Gasteiger partial charge on any atom is 0.176 e. The molecule has 2 aromatic carbocycles. The lowest BCUT2D eigenvalue weighted by molar-refractivity contribution is 0.201. The van der Waals surface area contributed by atoms with Gasteiger partial charge in [-0.3, -0.25) is 0 Å². The van der Waals surface area contributed by atoms with Gasteiger partial charge in [0.25, 0.3) is 0 Å². The molecule has 0 amide bonds. The largest absolute Gasteiger partial charge is 0.462 e. The van der Waals surface area contributed by atoms with E-state index in [1.54, 1.807) is 13.0 Å². The standard InChI is InChI=1S/C16H15F3O2/c1-3-7-21-12-5-4-10-9-11(6-8-20-2)14(17)16(19)13(10)15(12)18/h3-5,7,9H,6,8H2,1-2H3/b7-3+. The van der Waals surface area contributed by atoms with Crippen molar-refractivity contribution in [2.45, 2.75) is 13.3 Å². The Labute approximate surface area is 120 Å². The first kappa shape index (κ1) is 15.4. The van der Waals surface area contributed by atoms with Gasteiger partial charge < -0.3 is 9.47 Å². The molecule has 0 radical (unpaired) electrons. The highest BCUT2D eigenvalue weighted by atomic mass is 19.2. The minimum absolute atomic E-state index is 0.149. The van der Waals surface area contributed by atoms with E-state index in [2.05, 4.69) is 0 Å². The average Bonchev–Trinajstić information content (AvgIpc) is 2.48. The summed E-state index contributed by atoms with van der Waals surface area (Å²) in [5.74, 6) is -3.33. The number of hydrogen-bond donors (Lipinski definition) is 0. The highest BCUT2D eigenvalue weighted by molar-refractivity contribution is 5.86. The third kappa shape index (κ3) is 3.03. The van der Waals surface area contributed by atoms with Crippen LogP contribution in [-0.2, 0) is 11.2 Å². The Bertz CT molecular complexity index is 681. The summed E-state index contributed by atoms with van der Waals surface area (Å²) in [5, 5.41) is -0.124. The monoisotopic (exact) mass is 296 g/mol. The predicted octanol–water partition coefficient (Wildman–Crippen LogP) is 4.36. The van der Waals surface area contributed by atoms with Crippen LogP contribution in [0.15, 0.2) is 30.5 Å². The van der Waals surface area contributed by atoms with Gasteiger partial charge in [0, 0.05) is 7.11 Å². The van der Waals surface area contributed by atoms with Crippen LogP contribution in [0, 0.1) is 17.5 Å². The van der Waals surface area contributed by atoms with Crippen LogP contribution in [0.3, 0.4) is 0 Å². The third-order valence-electron chi connectivity index (χ3n) is 3.07. The maximum absolute atomic E-state index is 14.2. The number of halogens is 3. The van der Waals surface area contributed by atoms with Crippen LogP contribution in [0.25, 0.3) is 10.8 Å². The Morgan fingerprint density at radius 2 is 1.86 bits per heavy atom. The predicted molar refractivity (Wildman–Crippen MR) is 74.8 cm³/mol. The van der Waals surface area contributed by atoms with Gasteiger partial charge in [-0.25, -0.2) is 13.2 Å². The zero-order valence-electron chi connectivity index (χ0n) is 11.8.